The van der Waals surface area contributed by atoms with Crippen molar-refractivity contribution in [2.24, 2.45) is 0 Å². The highest BCUT2D eigenvalue weighted by atomic mass is 32.2. The second kappa shape index (κ2) is 8.90. The molecule has 0 radical (unpaired) electrons. The lowest BCUT2D eigenvalue weighted by atomic mass is 10.1. The van der Waals surface area contributed by atoms with E-state index in [1.54, 1.807) is 16.1 Å². The third-order valence-corrected chi connectivity index (χ3v) is 8.46. The molecule has 0 amide bonds. The number of benzene rings is 2. The Labute approximate surface area is 204 Å². The quantitative estimate of drug-likeness (QED) is 0.418. The molecule has 1 saturated heterocycles. The number of methoxy groups -OCH3 is 1. The maximum atomic E-state index is 13.5. The Bertz CT molecular complexity index is 1490. The maximum Gasteiger partial charge on any atom is 0.243 e. The molecule has 10 nitrogen and oxygen atoms in total. The third kappa shape index (κ3) is 4.10. The SMILES string of the molecule is COc1cccc(-n2nnc3c(N4CCN(S(=O)(=O)c5c(C)cc(C)cc5C)CC4)ncnc32)c1. The number of sulfonamides is 1. The van der Waals surface area contributed by atoms with Gasteiger partial charge in [-0.15, -0.1) is 5.10 Å². The van der Waals surface area contributed by atoms with Gasteiger partial charge >= 0.3 is 0 Å². The van der Waals surface area contributed by atoms with E-state index in [9.17, 15) is 8.42 Å². The molecule has 0 unspecified atom stereocenters. The molecule has 0 atom stereocenters. The van der Waals surface area contributed by atoms with Gasteiger partial charge in [0.1, 0.15) is 12.1 Å². The van der Waals surface area contributed by atoms with Gasteiger partial charge in [-0.1, -0.05) is 29.0 Å². The Morgan fingerprint density at radius 3 is 2.34 bits per heavy atom. The van der Waals surface area contributed by atoms with Gasteiger partial charge in [0.15, 0.2) is 17.0 Å². The summed E-state index contributed by atoms with van der Waals surface area (Å²) in [6, 6.07) is 11.3. The van der Waals surface area contributed by atoms with Gasteiger partial charge in [0.05, 0.1) is 17.7 Å². The Balaban J connectivity index is 1.40. The summed E-state index contributed by atoms with van der Waals surface area (Å²) in [7, 11) is -1.99. The van der Waals surface area contributed by atoms with E-state index in [2.05, 4.69) is 20.3 Å². The summed E-state index contributed by atoms with van der Waals surface area (Å²) >= 11 is 0. The number of aryl methyl sites for hydroxylation is 3. The first-order valence-electron chi connectivity index (χ1n) is 11.3. The van der Waals surface area contributed by atoms with Gasteiger partial charge in [-0.05, 0) is 44.0 Å². The van der Waals surface area contributed by atoms with E-state index in [1.165, 1.54) is 6.33 Å². The summed E-state index contributed by atoms with van der Waals surface area (Å²) < 4.78 is 35.4. The van der Waals surface area contributed by atoms with Crippen molar-refractivity contribution in [2.45, 2.75) is 25.7 Å². The average Bonchev–Trinajstić information content (AvgIpc) is 3.28. The van der Waals surface area contributed by atoms with Crippen molar-refractivity contribution in [2.75, 3.05) is 38.2 Å². The van der Waals surface area contributed by atoms with E-state index < -0.39 is 10.0 Å². The molecule has 4 aromatic rings. The zero-order valence-electron chi connectivity index (χ0n) is 20.1. The first kappa shape index (κ1) is 23.2. The molecule has 11 heteroatoms. The van der Waals surface area contributed by atoms with Crippen LogP contribution in [0.25, 0.3) is 16.9 Å². The van der Waals surface area contributed by atoms with Gasteiger partial charge in [-0.2, -0.15) is 8.99 Å². The molecule has 0 bridgehead atoms. The van der Waals surface area contributed by atoms with Crippen LogP contribution in [-0.2, 0) is 10.0 Å². The molecular formula is C24H27N7O3S. The fourth-order valence-electron chi connectivity index (χ4n) is 4.73. The van der Waals surface area contributed by atoms with Gasteiger partial charge in [-0.3, -0.25) is 0 Å². The van der Waals surface area contributed by atoms with E-state index in [-0.39, 0.29) is 0 Å². The van der Waals surface area contributed by atoms with Crippen molar-refractivity contribution < 1.29 is 13.2 Å². The molecule has 1 aliphatic rings. The van der Waals surface area contributed by atoms with Crippen molar-refractivity contribution in [3.63, 3.8) is 0 Å². The summed E-state index contributed by atoms with van der Waals surface area (Å²) in [6.07, 6.45) is 1.49. The lowest BCUT2D eigenvalue weighted by Gasteiger charge is -2.35. The van der Waals surface area contributed by atoms with Crippen LogP contribution >= 0.6 is 0 Å². The number of nitrogens with zero attached hydrogens (tertiary/aromatic N) is 7. The normalized spacial score (nSPS) is 15.0. The fraction of sp³-hybridized carbons (Fsp3) is 0.333. The van der Waals surface area contributed by atoms with Crippen LogP contribution in [-0.4, -0.2) is 71.0 Å². The number of aromatic nitrogens is 5. The molecule has 2 aromatic carbocycles. The highest BCUT2D eigenvalue weighted by molar-refractivity contribution is 7.89. The van der Waals surface area contributed by atoms with Gasteiger partial charge < -0.3 is 9.64 Å². The third-order valence-electron chi connectivity index (χ3n) is 6.26. The molecule has 182 valence electrons. The topological polar surface area (TPSA) is 106 Å². The number of ether oxygens (including phenoxy) is 1. The minimum absolute atomic E-state index is 0.352. The second-order valence-electron chi connectivity index (χ2n) is 8.69. The summed E-state index contributed by atoms with van der Waals surface area (Å²) in [5.41, 5.74) is 4.52. The van der Waals surface area contributed by atoms with E-state index in [1.807, 2.05) is 62.1 Å². The van der Waals surface area contributed by atoms with Crippen LogP contribution in [0.5, 0.6) is 5.75 Å². The lowest BCUT2D eigenvalue weighted by Crippen LogP contribution is -2.49. The smallest absolute Gasteiger partial charge is 0.243 e. The van der Waals surface area contributed by atoms with Gasteiger partial charge in [-0.25, -0.2) is 18.4 Å². The highest BCUT2D eigenvalue weighted by Crippen LogP contribution is 2.28. The predicted molar refractivity (Wildman–Crippen MR) is 133 cm³/mol. The average molecular weight is 494 g/mol. The fourth-order valence-corrected chi connectivity index (χ4v) is 6.56. The largest absolute Gasteiger partial charge is 0.497 e. The van der Waals surface area contributed by atoms with Crippen molar-refractivity contribution in [3.8, 4) is 11.4 Å². The monoisotopic (exact) mass is 493 g/mol. The lowest BCUT2D eigenvalue weighted by molar-refractivity contribution is 0.383. The van der Waals surface area contributed by atoms with Crippen LogP contribution in [0.4, 0.5) is 5.82 Å². The van der Waals surface area contributed by atoms with E-state index in [0.717, 1.165) is 22.4 Å². The molecule has 3 heterocycles. The number of fused-ring (bicyclic) bond motifs is 1. The minimum atomic E-state index is -3.60. The number of hydrogen-bond donors (Lipinski definition) is 0. The van der Waals surface area contributed by atoms with Crippen molar-refractivity contribution >= 4 is 27.0 Å². The standard InChI is InChI=1S/C24H27N7O3S/c1-16-12-17(2)22(18(3)13-16)35(32,33)30-10-8-29(9-11-30)23-21-24(26-15-25-23)31(28-27-21)19-6-5-7-20(14-19)34-4/h5-7,12-15H,8-11H2,1-4H3. The molecule has 35 heavy (non-hydrogen) atoms. The number of hydrogen-bond acceptors (Lipinski definition) is 8. The molecule has 0 aliphatic carbocycles. The molecule has 0 spiro atoms. The maximum absolute atomic E-state index is 13.5. The zero-order chi connectivity index (χ0) is 24.7. The molecule has 1 aliphatic heterocycles. The van der Waals surface area contributed by atoms with Gasteiger partial charge in [0.25, 0.3) is 0 Å². The number of piperazine rings is 1. The summed E-state index contributed by atoms with van der Waals surface area (Å²) in [4.78, 5) is 11.3. The molecule has 0 saturated carbocycles. The van der Waals surface area contributed by atoms with Gasteiger partial charge in [0, 0.05) is 32.2 Å². The summed E-state index contributed by atoms with van der Waals surface area (Å²) in [5.74, 6) is 1.35. The predicted octanol–water partition coefficient (Wildman–Crippen LogP) is 2.66. The van der Waals surface area contributed by atoms with Crippen molar-refractivity contribution in [1.29, 1.82) is 0 Å². The van der Waals surface area contributed by atoms with Crippen LogP contribution in [0.3, 0.4) is 0 Å². The van der Waals surface area contributed by atoms with E-state index in [0.29, 0.717) is 53.8 Å². The number of anilines is 1. The Hall–Kier alpha value is -3.57. The van der Waals surface area contributed by atoms with Crippen LogP contribution < -0.4 is 9.64 Å². The summed E-state index contributed by atoms with van der Waals surface area (Å²) in [5, 5.41) is 8.64. The molecule has 0 N–H and O–H groups in total. The molecular weight excluding hydrogens is 466 g/mol. The summed E-state index contributed by atoms with van der Waals surface area (Å²) in [6.45, 7) is 7.36. The Morgan fingerprint density at radius 2 is 1.66 bits per heavy atom. The van der Waals surface area contributed by atoms with Crippen molar-refractivity contribution in [3.05, 3.63) is 59.4 Å². The van der Waals surface area contributed by atoms with Crippen LogP contribution in [0.15, 0.2) is 47.6 Å². The van der Waals surface area contributed by atoms with Gasteiger partial charge in [0.2, 0.25) is 10.0 Å². The van der Waals surface area contributed by atoms with Crippen molar-refractivity contribution in [1.82, 2.24) is 29.3 Å². The first-order valence-corrected chi connectivity index (χ1v) is 12.8. The minimum Gasteiger partial charge on any atom is -0.497 e. The van der Waals surface area contributed by atoms with E-state index >= 15 is 0 Å². The zero-order valence-corrected chi connectivity index (χ0v) is 20.9. The van der Waals surface area contributed by atoms with Crippen LogP contribution in [0, 0.1) is 20.8 Å². The second-order valence-corrected chi connectivity index (χ2v) is 10.6. The van der Waals surface area contributed by atoms with Crippen LogP contribution in [0.2, 0.25) is 0 Å². The highest BCUT2D eigenvalue weighted by Gasteiger charge is 2.32. The Morgan fingerprint density at radius 1 is 0.943 bits per heavy atom. The van der Waals surface area contributed by atoms with E-state index in [4.69, 9.17) is 4.74 Å². The molecule has 5 rings (SSSR count). The molecule has 2 aromatic heterocycles. The molecule has 1 fully saturated rings. The number of rotatable bonds is 5. The first-order chi connectivity index (χ1) is 16.8. The van der Waals surface area contributed by atoms with Crippen LogP contribution in [0.1, 0.15) is 16.7 Å². The Kier molecular flexibility index (Phi) is 5.89.